The predicted octanol–water partition coefficient (Wildman–Crippen LogP) is -0.700. The second kappa shape index (κ2) is 10.0. The first-order valence-corrected chi connectivity index (χ1v) is 7.56. The molecule has 1 heterocycles. The summed E-state index contributed by atoms with van der Waals surface area (Å²) >= 11 is 0. The van der Waals surface area contributed by atoms with Crippen molar-refractivity contribution in [2.45, 2.75) is 51.5 Å². The lowest BCUT2D eigenvalue weighted by molar-refractivity contribution is -0.313. The van der Waals surface area contributed by atoms with Gasteiger partial charge in [-0.05, 0) is 0 Å². The minimum Gasteiger partial charge on any atom is -0.467 e. The van der Waals surface area contributed by atoms with E-state index in [-0.39, 0.29) is 6.79 Å². The molecule has 1 aliphatic rings. The maximum Gasteiger partial charge on any atom is 0.339 e. The fourth-order valence-electron chi connectivity index (χ4n) is 2.35. The minimum absolute atomic E-state index is 0.276. The summed E-state index contributed by atoms with van der Waals surface area (Å²) in [7, 11) is 2.44. The highest BCUT2D eigenvalue weighted by molar-refractivity contribution is 5.77. The molecule has 1 saturated heterocycles. The van der Waals surface area contributed by atoms with Crippen LogP contribution >= 0.6 is 0 Å². The van der Waals surface area contributed by atoms with Gasteiger partial charge in [-0.3, -0.25) is 14.4 Å². The van der Waals surface area contributed by atoms with Gasteiger partial charge >= 0.3 is 23.9 Å². The van der Waals surface area contributed by atoms with E-state index < -0.39 is 54.6 Å². The quantitative estimate of drug-likeness (QED) is 0.316. The highest BCUT2D eigenvalue weighted by Crippen LogP contribution is 2.30. The predicted molar refractivity (Wildman–Crippen MR) is 80.3 cm³/mol. The van der Waals surface area contributed by atoms with E-state index in [0.717, 1.165) is 27.9 Å². The van der Waals surface area contributed by atoms with E-state index in [4.69, 9.17) is 28.4 Å². The maximum atomic E-state index is 12.1. The standard InChI is InChI=1S/C15H22O11/c1-7(16)23-10-11(24-8(2)17)13(25-9(3)18)15(22-6-20-4)26-12(10)14(19)21-5/h10-13,15H,6H2,1-5H3/t10-,11-,12-,13+,15+/m0/s1. The van der Waals surface area contributed by atoms with Crippen LogP contribution in [0.15, 0.2) is 0 Å². The highest BCUT2D eigenvalue weighted by atomic mass is 16.8. The van der Waals surface area contributed by atoms with Gasteiger partial charge < -0.3 is 33.2 Å². The fourth-order valence-corrected chi connectivity index (χ4v) is 2.35. The third kappa shape index (κ3) is 5.93. The van der Waals surface area contributed by atoms with E-state index in [9.17, 15) is 19.2 Å². The van der Waals surface area contributed by atoms with Crippen LogP contribution in [0.3, 0.4) is 0 Å². The van der Waals surface area contributed by atoms with Crippen molar-refractivity contribution < 1.29 is 52.3 Å². The van der Waals surface area contributed by atoms with Crippen LogP contribution < -0.4 is 0 Å². The van der Waals surface area contributed by atoms with Crippen molar-refractivity contribution in [1.29, 1.82) is 0 Å². The summed E-state index contributed by atoms with van der Waals surface area (Å²) in [6, 6.07) is 0. The Balaban J connectivity index is 3.30. The van der Waals surface area contributed by atoms with E-state index in [1.165, 1.54) is 7.11 Å². The summed E-state index contributed by atoms with van der Waals surface area (Å²) in [5.41, 5.74) is 0. The third-order valence-corrected chi connectivity index (χ3v) is 3.18. The average Bonchev–Trinajstić information content (AvgIpc) is 2.55. The number of rotatable bonds is 7. The molecule has 1 rings (SSSR count). The van der Waals surface area contributed by atoms with Gasteiger partial charge in [-0.15, -0.1) is 0 Å². The second-order valence-electron chi connectivity index (χ2n) is 5.24. The Morgan fingerprint density at radius 2 is 1.31 bits per heavy atom. The summed E-state index contributed by atoms with van der Waals surface area (Å²) in [5.74, 6) is -3.18. The first kappa shape index (κ1) is 21.8. The molecule has 0 saturated carbocycles. The molecule has 0 aromatic rings. The number of methoxy groups -OCH3 is 2. The fraction of sp³-hybridized carbons (Fsp3) is 0.733. The number of carbonyl (C=O) groups is 4. The van der Waals surface area contributed by atoms with E-state index in [1.807, 2.05) is 0 Å². The molecule has 0 radical (unpaired) electrons. The molecule has 0 unspecified atom stereocenters. The lowest BCUT2D eigenvalue weighted by Crippen LogP contribution is -2.63. The molecule has 1 fully saturated rings. The molecule has 0 bridgehead atoms. The Morgan fingerprint density at radius 1 is 0.808 bits per heavy atom. The van der Waals surface area contributed by atoms with Gasteiger partial charge in [-0.2, -0.15) is 0 Å². The smallest absolute Gasteiger partial charge is 0.339 e. The largest absolute Gasteiger partial charge is 0.467 e. The van der Waals surface area contributed by atoms with Crippen LogP contribution in [0.25, 0.3) is 0 Å². The molecule has 1 aliphatic heterocycles. The zero-order chi connectivity index (χ0) is 19.9. The summed E-state index contributed by atoms with van der Waals surface area (Å²) in [4.78, 5) is 46.5. The summed E-state index contributed by atoms with van der Waals surface area (Å²) in [5, 5.41) is 0. The van der Waals surface area contributed by atoms with Crippen LogP contribution in [-0.2, 0) is 52.3 Å². The van der Waals surface area contributed by atoms with Gasteiger partial charge in [0.15, 0.2) is 24.4 Å². The summed E-state index contributed by atoms with van der Waals surface area (Å²) in [6.07, 6.45) is -6.95. The van der Waals surface area contributed by atoms with Crippen molar-refractivity contribution in [1.82, 2.24) is 0 Å². The van der Waals surface area contributed by atoms with Crippen molar-refractivity contribution >= 4 is 23.9 Å². The van der Waals surface area contributed by atoms with Gasteiger partial charge in [-0.25, -0.2) is 4.79 Å². The highest BCUT2D eigenvalue weighted by Gasteiger charge is 2.55. The van der Waals surface area contributed by atoms with Crippen LogP contribution in [0.1, 0.15) is 20.8 Å². The van der Waals surface area contributed by atoms with Crippen molar-refractivity contribution in [3.8, 4) is 0 Å². The average molecular weight is 378 g/mol. The van der Waals surface area contributed by atoms with E-state index in [1.54, 1.807) is 0 Å². The van der Waals surface area contributed by atoms with E-state index in [0.29, 0.717) is 0 Å². The molecule has 11 nitrogen and oxygen atoms in total. The molecule has 26 heavy (non-hydrogen) atoms. The van der Waals surface area contributed by atoms with Gasteiger partial charge in [-0.1, -0.05) is 0 Å². The first-order valence-electron chi connectivity index (χ1n) is 7.56. The maximum absolute atomic E-state index is 12.1. The van der Waals surface area contributed by atoms with Gasteiger partial charge in [0.05, 0.1) is 7.11 Å². The Hall–Kier alpha value is -2.24. The Labute approximate surface area is 149 Å². The molecule has 0 aromatic carbocycles. The number of carbonyl (C=O) groups excluding carboxylic acids is 4. The SMILES string of the molecule is COCO[C@@H]1O[C@H](C(=O)OC)[C@@H](OC(C)=O)[C@H](OC(C)=O)[C@H]1OC(C)=O. The normalized spacial score (nSPS) is 28.0. The Bertz CT molecular complexity index is 532. The van der Waals surface area contributed by atoms with Gasteiger partial charge in [0.2, 0.25) is 6.29 Å². The number of hydrogen-bond donors (Lipinski definition) is 0. The van der Waals surface area contributed by atoms with Gasteiger partial charge in [0.25, 0.3) is 0 Å². The van der Waals surface area contributed by atoms with Crippen LogP contribution in [0.4, 0.5) is 0 Å². The minimum atomic E-state index is -1.48. The third-order valence-electron chi connectivity index (χ3n) is 3.18. The van der Waals surface area contributed by atoms with Crippen LogP contribution in [0, 0.1) is 0 Å². The van der Waals surface area contributed by atoms with Crippen LogP contribution in [0.2, 0.25) is 0 Å². The van der Waals surface area contributed by atoms with Gasteiger partial charge in [0, 0.05) is 27.9 Å². The van der Waals surface area contributed by atoms with E-state index >= 15 is 0 Å². The van der Waals surface area contributed by atoms with Crippen LogP contribution in [-0.4, -0.2) is 75.6 Å². The number of hydrogen-bond acceptors (Lipinski definition) is 11. The second-order valence-corrected chi connectivity index (χ2v) is 5.24. The Kier molecular flexibility index (Phi) is 8.42. The Morgan fingerprint density at radius 3 is 1.77 bits per heavy atom. The summed E-state index contributed by atoms with van der Waals surface area (Å²) in [6.45, 7) is 3.03. The summed E-state index contributed by atoms with van der Waals surface area (Å²) < 4.78 is 35.5. The molecule has 11 heteroatoms. The lowest BCUT2D eigenvalue weighted by atomic mass is 9.97. The molecule has 0 spiro atoms. The number of ether oxygens (including phenoxy) is 7. The molecule has 148 valence electrons. The van der Waals surface area contributed by atoms with Crippen molar-refractivity contribution in [2.75, 3.05) is 21.0 Å². The van der Waals surface area contributed by atoms with E-state index in [2.05, 4.69) is 4.74 Å². The zero-order valence-electron chi connectivity index (χ0n) is 15.1. The molecule has 5 atom stereocenters. The molecule has 0 aromatic heterocycles. The topological polar surface area (TPSA) is 133 Å². The monoisotopic (exact) mass is 378 g/mol. The van der Waals surface area contributed by atoms with Gasteiger partial charge in [0.1, 0.15) is 6.79 Å². The molecule has 0 aliphatic carbocycles. The molecule has 0 N–H and O–H groups in total. The van der Waals surface area contributed by atoms with Crippen molar-refractivity contribution in [3.63, 3.8) is 0 Å². The molecular weight excluding hydrogens is 356 g/mol. The molecule has 0 amide bonds. The molecular formula is C15H22O11. The van der Waals surface area contributed by atoms with Crippen molar-refractivity contribution in [3.05, 3.63) is 0 Å². The van der Waals surface area contributed by atoms with Crippen molar-refractivity contribution in [2.24, 2.45) is 0 Å². The van der Waals surface area contributed by atoms with Crippen LogP contribution in [0.5, 0.6) is 0 Å². The number of esters is 4. The lowest BCUT2D eigenvalue weighted by Gasteiger charge is -2.43. The zero-order valence-corrected chi connectivity index (χ0v) is 15.1. The first-order chi connectivity index (χ1) is 12.2.